The molecule has 0 bridgehead atoms. The maximum absolute atomic E-state index is 13.0. The summed E-state index contributed by atoms with van der Waals surface area (Å²) in [5, 5.41) is 26.2. The molecule has 1 heterocycles. The number of carbonyl (C=O) groups excluding carboxylic acids is 1. The number of rotatable bonds is 6. The van der Waals surface area contributed by atoms with Gasteiger partial charge in [-0.05, 0) is 24.8 Å². The molecule has 25 heavy (non-hydrogen) atoms. The third kappa shape index (κ3) is 4.38. The lowest BCUT2D eigenvalue weighted by Gasteiger charge is -2.38. The molecule has 1 fully saturated rings. The minimum atomic E-state index is -0.555. The summed E-state index contributed by atoms with van der Waals surface area (Å²) >= 11 is 0. The van der Waals surface area contributed by atoms with Crippen molar-refractivity contribution in [3.63, 3.8) is 0 Å². The molecule has 1 aliphatic rings. The summed E-state index contributed by atoms with van der Waals surface area (Å²) in [5.41, 5.74) is 0.491. The maximum atomic E-state index is 13.0. The monoisotopic (exact) mass is 345 g/mol. The molecular formula is C17H23N5O3. The summed E-state index contributed by atoms with van der Waals surface area (Å²) in [4.78, 5) is 23.5. The van der Waals surface area contributed by atoms with E-state index in [2.05, 4.69) is 11.5 Å². The van der Waals surface area contributed by atoms with E-state index >= 15 is 0 Å². The fraction of sp³-hybridized carbons (Fsp3) is 0.529. The molecule has 8 heteroatoms. The molecule has 1 aliphatic heterocycles. The molecule has 1 saturated heterocycles. The smallest absolute Gasteiger partial charge is 0.271 e. The second-order valence-electron chi connectivity index (χ2n) is 6.21. The molecule has 0 aliphatic carbocycles. The van der Waals surface area contributed by atoms with Gasteiger partial charge >= 0.3 is 0 Å². The number of nitrogens with zero attached hydrogens (tertiary/aromatic N) is 4. The largest absolute Gasteiger partial charge is 0.373 e. The molecule has 0 saturated carbocycles. The van der Waals surface area contributed by atoms with Crippen LogP contribution in [0.2, 0.25) is 0 Å². The van der Waals surface area contributed by atoms with E-state index in [0.29, 0.717) is 18.8 Å². The first-order valence-electron chi connectivity index (χ1n) is 8.47. The van der Waals surface area contributed by atoms with Crippen LogP contribution in [-0.2, 0) is 4.79 Å². The maximum Gasteiger partial charge on any atom is 0.271 e. The van der Waals surface area contributed by atoms with Crippen LogP contribution in [0.3, 0.4) is 0 Å². The highest BCUT2D eigenvalue weighted by Crippen LogP contribution is 2.23. The summed E-state index contributed by atoms with van der Waals surface area (Å²) in [6.45, 7) is 4.98. The van der Waals surface area contributed by atoms with Crippen molar-refractivity contribution >= 4 is 17.3 Å². The Labute approximate surface area is 147 Å². The van der Waals surface area contributed by atoms with Gasteiger partial charge in [0, 0.05) is 24.4 Å². The van der Waals surface area contributed by atoms with E-state index in [9.17, 15) is 20.2 Å². The number of carbonyl (C=O) groups is 1. The quantitative estimate of drug-likeness (QED) is 0.483. The fourth-order valence-corrected chi connectivity index (χ4v) is 2.83. The summed E-state index contributed by atoms with van der Waals surface area (Å²) < 4.78 is 0. The summed E-state index contributed by atoms with van der Waals surface area (Å²) in [7, 11) is 0. The van der Waals surface area contributed by atoms with Crippen molar-refractivity contribution in [2.45, 2.75) is 39.2 Å². The van der Waals surface area contributed by atoms with Crippen molar-refractivity contribution in [1.82, 2.24) is 10.0 Å². The van der Waals surface area contributed by atoms with Gasteiger partial charge in [-0.25, -0.2) is 10.0 Å². The number of anilines is 1. The molecule has 2 rings (SSSR count). The number of hydrogen-bond donors (Lipinski definition) is 1. The standard InChI is InChI=1S/C17H23N5O3/c1-3-13(2)16(17(23)21-10-5-4-9-20(21)12-18)19-14-7-6-8-15(11-14)22(24)25/h6-8,11,13,16,19H,3-5,9-10H2,1-2H3. The van der Waals surface area contributed by atoms with Crippen molar-refractivity contribution in [1.29, 1.82) is 5.26 Å². The van der Waals surface area contributed by atoms with Gasteiger partial charge in [0.2, 0.25) is 0 Å². The SMILES string of the molecule is CCC(C)C(Nc1cccc([N+](=O)[O-])c1)C(=O)N1CCCCN1C#N. The second kappa shape index (κ2) is 8.33. The van der Waals surface area contributed by atoms with Gasteiger partial charge in [-0.2, -0.15) is 5.26 Å². The molecular weight excluding hydrogens is 322 g/mol. The topological polar surface area (TPSA) is 103 Å². The number of non-ortho nitro benzene ring substituents is 1. The summed E-state index contributed by atoms with van der Waals surface area (Å²) in [5.74, 6) is -0.170. The molecule has 1 aromatic rings. The Bertz CT molecular complexity index is 672. The predicted octanol–water partition coefficient (Wildman–Crippen LogP) is 2.74. The highest BCUT2D eigenvalue weighted by atomic mass is 16.6. The molecule has 1 aromatic carbocycles. The van der Waals surface area contributed by atoms with E-state index in [0.717, 1.165) is 19.3 Å². The molecule has 0 radical (unpaired) electrons. The number of hydrazine groups is 1. The third-order valence-corrected chi connectivity index (χ3v) is 4.51. The number of nitro groups is 1. The van der Waals surface area contributed by atoms with Gasteiger partial charge in [0.1, 0.15) is 6.04 Å². The third-order valence-electron chi connectivity index (χ3n) is 4.51. The van der Waals surface area contributed by atoms with E-state index in [1.807, 2.05) is 13.8 Å². The molecule has 0 aromatic heterocycles. The van der Waals surface area contributed by atoms with E-state index in [-0.39, 0.29) is 17.5 Å². The van der Waals surface area contributed by atoms with Crippen LogP contribution in [-0.4, -0.2) is 40.0 Å². The van der Waals surface area contributed by atoms with Crippen LogP contribution < -0.4 is 5.32 Å². The van der Waals surface area contributed by atoms with E-state index in [1.54, 1.807) is 12.1 Å². The molecule has 8 nitrogen and oxygen atoms in total. The van der Waals surface area contributed by atoms with Crippen molar-refractivity contribution in [2.75, 3.05) is 18.4 Å². The molecule has 1 amide bonds. The highest BCUT2D eigenvalue weighted by Gasteiger charge is 2.33. The van der Waals surface area contributed by atoms with Crippen molar-refractivity contribution in [3.05, 3.63) is 34.4 Å². The number of amides is 1. The number of benzene rings is 1. The first-order valence-corrected chi connectivity index (χ1v) is 8.47. The summed E-state index contributed by atoms with van der Waals surface area (Å²) in [6, 6.07) is 5.56. The van der Waals surface area contributed by atoms with Gasteiger partial charge < -0.3 is 5.32 Å². The van der Waals surface area contributed by atoms with Crippen molar-refractivity contribution < 1.29 is 9.72 Å². The molecule has 0 spiro atoms. The first kappa shape index (κ1) is 18.5. The average molecular weight is 345 g/mol. The number of hydrogen-bond acceptors (Lipinski definition) is 6. The van der Waals surface area contributed by atoms with Gasteiger partial charge in [0.15, 0.2) is 6.19 Å². The lowest BCUT2D eigenvalue weighted by Crippen LogP contribution is -2.54. The summed E-state index contributed by atoms with van der Waals surface area (Å²) in [6.07, 6.45) is 4.55. The molecule has 2 unspecified atom stereocenters. The van der Waals surface area contributed by atoms with Crippen LogP contribution >= 0.6 is 0 Å². The van der Waals surface area contributed by atoms with Crippen LogP contribution in [0.25, 0.3) is 0 Å². The van der Waals surface area contributed by atoms with Gasteiger partial charge in [-0.15, -0.1) is 0 Å². The van der Waals surface area contributed by atoms with E-state index in [4.69, 9.17) is 0 Å². The molecule has 134 valence electrons. The lowest BCUT2D eigenvalue weighted by molar-refractivity contribution is -0.384. The van der Waals surface area contributed by atoms with Gasteiger partial charge in [0.05, 0.1) is 11.5 Å². The van der Waals surface area contributed by atoms with Gasteiger partial charge in [0.25, 0.3) is 11.6 Å². The number of nitrogens with one attached hydrogen (secondary N) is 1. The first-order chi connectivity index (χ1) is 12.0. The van der Waals surface area contributed by atoms with Crippen LogP contribution in [0.15, 0.2) is 24.3 Å². The minimum absolute atomic E-state index is 0.00855. The van der Waals surface area contributed by atoms with Crippen molar-refractivity contribution in [2.24, 2.45) is 5.92 Å². The van der Waals surface area contributed by atoms with Gasteiger partial charge in [-0.1, -0.05) is 26.3 Å². The Morgan fingerprint density at radius 1 is 1.44 bits per heavy atom. The van der Waals surface area contributed by atoms with E-state index in [1.165, 1.54) is 22.2 Å². The Morgan fingerprint density at radius 3 is 2.80 bits per heavy atom. The van der Waals surface area contributed by atoms with E-state index < -0.39 is 11.0 Å². The number of nitriles is 1. The fourth-order valence-electron chi connectivity index (χ4n) is 2.83. The predicted molar refractivity (Wildman–Crippen MR) is 93.2 cm³/mol. The van der Waals surface area contributed by atoms with Crippen LogP contribution in [0, 0.1) is 27.5 Å². The second-order valence-corrected chi connectivity index (χ2v) is 6.21. The normalized spacial score (nSPS) is 16.7. The molecule has 1 N–H and O–H groups in total. The lowest BCUT2D eigenvalue weighted by atomic mass is 9.97. The van der Waals surface area contributed by atoms with Crippen LogP contribution in [0.1, 0.15) is 33.1 Å². The minimum Gasteiger partial charge on any atom is -0.373 e. The Balaban J connectivity index is 2.24. The Morgan fingerprint density at radius 2 is 2.16 bits per heavy atom. The number of nitro benzene ring substituents is 1. The highest BCUT2D eigenvalue weighted by molar-refractivity contribution is 5.85. The van der Waals surface area contributed by atoms with Gasteiger partial charge in [-0.3, -0.25) is 14.9 Å². The van der Waals surface area contributed by atoms with Crippen LogP contribution in [0.5, 0.6) is 0 Å². The zero-order chi connectivity index (χ0) is 18.4. The molecule has 2 atom stereocenters. The zero-order valence-electron chi connectivity index (χ0n) is 14.5. The average Bonchev–Trinajstić information content (AvgIpc) is 2.65. The van der Waals surface area contributed by atoms with Crippen LogP contribution in [0.4, 0.5) is 11.4 Å². The Kier molecular flexibility index (Phi) is 6.17. The Hall–Kier alpha value is -2.82. The zero-order valence-corrected chi connectivity index (χ0v) is 14.5. The van der Waals surface area contributed by atoms with Crippen molar-refractivity contribution in [3.8, 4) is 6.19 Å².